The van der Waals surface area contributed by atoms with Crippen LogP contribution in [-0.4, -0.2) is 19.6 Å². The van der Waals surface area contributed by atoms with E-state index in [1.807, 2.05) is 6.07 Å². The lowest BCUT2D eigenvalue weighted by Crippen LogP contribution is -2.67. The van der Waals surface area contributed by atoms with Gasteiger partial charge in [-0.15, -0.1) is 0 Å². The molecule has 1 fully saturated rings. The van der Waals surface area contributed by atoms with Gasteiger partial charge in [0.05, 0.1) is 0 Å². The molecule has 0 aromatic heterocycles. The van der Waals surface area contributed by atoms with Gasteiger partial charge in [0.1, 0.15) is 0 Å². The molecule has 2 nitrogen and oxygen atoms in total. The van der Waals surface area contributed by atoms with Gasteiger partial charge < -0.3 is 9.88 Å². The largest absolute Gasteiger partial charge is 0.570 e. The van der Waals surface area contributed by atoms with Crippen molar-refractivity contribution in [1.82, 2.24) is 5.23 Å². The molecule has 0 radical (unpaired) electrons. The molecule has 1 unspecified atom stereocenters. The summed E-state index contributed by atoms with van der Waals surface area (Å²) in [6, 6.07) is 19.1. The Hall–Kier alpha value is -1.58. The minimum atomic E-state index is -1.23. The van der Waals surface area contributed by atoms with Crippen molar-refractivity contribution < 1.29 is 4.65 Å². The molecule has 1 saturated heterocycles. The molecule has 2 aromatic carbocycles. The van der Waals surface area contributed by atoms with Crippen LogP contribution in [0.4, 0.5) is 0 Å². The fourth-order valence-electron chi connectivity index (χ4n) is 2.74. The van der Waals surface area contributed by atoms with Crippen LogP contribution in [0.5, 0.6) is 0 Å². The van der Waals surface area contributed by atoms with Crippen LogP contribution >= 0.6 is 0 Å². The molecule has 2 aromatic rings. The van der Waals surface area contributed by atoms with Crippen molar-refractivity contribution in [3.8, 4) is 0 Å². The van der Waals surface area contributed by atoms with E-state index in [9.17, 15) is 0 Å². The highest BCUT2D eigenvalue weighted by Gasteiger charge is 2.32. The number of benzene rings is 2. The quantitative estimate of drug-likeness (QED) is 0.793. The molecule has 1 aliphatic heterocycles. The van der Waals surface area contributed by atoms with Crippen LogP contribution in [0.15, 0.2) is 54.6 Å². The van der Waals surface area contributed by atoms with Crippen LogP contribution in [0, 0.1) is 6.92 Å². The Morgan fingerprint density at radius 3 is 2.22 bits per heavy atom. The second-order valence-corrected chi connectivity index (χ2v) is 4.93. The van der Waals surface area contributed by atoms with Gasteiger partial charge in [-0.25, -0.2) is 0 Å². The zero-order valence-corrected chi connectivity index (χ0v) is 10.6. The van der Waals surface area contributed by atoms with Gasteiger partial charge in [-0.05, 0) is 13.5 Å². The molecule has 1 aliphatic rings. The average Bonchev–Trinajstić information content (AvgIpc) is 2.91. The van der Waals surface area contributed by atoms with Crippen LogP contribution < -0.4 is 16.2 Å². The van der Waals surface area contributed by atoms with Crippen molar-refractivity contribution in [1.29, 1.82) is 0 Å². The normalized spacial score (nSPS) is 23.2. The minimum Gasteiger partial charge on any atom is -0.570 e. The number of hydrogen-bond donors (Lipinski definition) is 1. The Labute approximate surface area is 108 Å². The Kier molecular flexibility index (Phi) is 2.94. The molecule has 0 amide bonds. The number of nitrogens with one attached hydrogen (secondary N) is 1. The van der Waals surface area contributed by atoms with Gasteiger partial charge in [0.2, 0.25) is 6.48 Å². The van der Waals surface area contributed by atoms with Crippen LogP contribution in [0.1, 0.15) is 5.56 Å². The molecule has 1 N–H and O–H groups in total. The molecule has 0 aliphatic carbocycles. The summed E-state index contributed by atoms with van der Waals surface area (Å²) < 4.78 is 6.10. The van der Waals surface area contributed by atoms with E-state index < -0.39 is 6.48 Å². The highest BCUT2D eigenvalue weighted by Crippen LogP contribution is 2.09. The summed E-state index contributed by atoms with van der Waals surface area (Å²) in [6.07, 6.45) is 0. The number of aryl methyl sites for hydroxylation is 1. The first-order chi connectivity index (χ1) is 8.81. The lowest BCUT2D eigenvalue weighted by molar-refractivity contribution is 0.367. The fraction of sp³-hybridized carbons (Fsp3) is 0.200. The average molecular weight is 238 g/mol. The second-order valence-electron chi connectivity index (χ2n) is 4.93. The fourth-order valence-corrected chi connectivity index (χ4v) is 2.74. The molecule has 0 spiro atoms. The lowest BCUT2D eigenvalue weighted by Gasteiger charge is -2.37. The van der Waals surface area contributed by atoms with Crippen LogP contribution in [0.25, 0.3) is 0 Å². The van der Waals surface area contributed by atoms with E-state index in [2.05, 4.69) is 60.7 Å². The maximum Gasteiger partial charge on any atom is 0.239 e. The monoisotopic (exact) mass is 238 g/mol. The summed E-state index contributed by atoms with van der Waals surface area (Å²) in [5.41, 5.74) is 3.72. The smallest absolute Gasteiger partial charge is 0.239 e. The highest BCUT2D eigenvalue weighted by atomic mass is 16.5. The first kappa shape index (κ1) is 11.5. The van der Waals surface area contributed by atoms with Crippen molar-refractivity contribution in [3.63, 3.8) is 0 Å². The molecular formula is C15H17BNO-. The van der Waals surface area contributed by atoms with E-state index in [4.69, 9.17) is 4.65 Å². The van der Waals surface area contributed by atoms with Crippen molar-refractivity contribution in [2.75, 3.05) is 13.2 Å². The molecule has 18 heavy (non-hydrogen) atoms. The predicted molar refractivity (Wildman–Crippen MR) is 76.6 cm³/mol. The van der Waals surface area contributed by atoms with Crippen LogP contribution in [0.3, 0.4) is 0 Å². The van der Waals surface area contributed by atoms with Gasteiger partial charge in [-0.1, -0.05) is 60.2 Å². The molecule has 1 atom stereocenters. The van der Waals surface area contributed by atoms with E-state index in [0.717, 1.165) is 13.2 Å². The third-order valence-electron chi connectivity index (χ3n) is 3.72. The molecule has 0 bridgehead atoms. The zero-order chi connectivity index (χ0) is 12.4. The zero-order valence-electron chi connectivity index (χ0n) is 10.6. The summed E-state index contributed by atoms with van der Waals surface area (Å²) in [6.45, 7) is 2.54. The molecule has 0 saturated carbocycles. The maximum atomic E-state index is 6.10. The Morgan fingerprint density at radius 1 is 0.944 bits per heavy atom. The highest BCUT2D eigenvalue weighted by molar-refractivity contribution is 6.95. The van der Waals surface area contributed by atoms with E-state index in [-0.39, 0.29) is 0 Å². The van der Waals surface area contributed by atoms with Crippen molar-refractivity contribution in [2.45, 2.75) is 6.92 Å². The van der Waals surface area contributed by atoms with Crippen molar-refractivity contribution in [2.24, 2.45) is 0 Å². The predicted octanol–water partition coefficient (Wildman–Crippen LogP) is 1.17. The molecule has 92 valence electrons. The van der Waals surface area contributed by atoms with Crippen molar-refractivity contribution >= 4 is 17.4 Å². The van der Waals surface area contributed by atoms with E-state index in [1.54, 1.807) is 0 Å². The summed E-state index contributed by atoms with van der Waals surface area (Å²) >= 11 is 0. The van der Waals surface area contributed by atoms with E-state index in [1.165, 1.54) is 16.5 Å². The molecule has 1 heterocycles. The Morgan fingerprint density at radius 2 is 1.61 bits per heavy atom. The first-order valence-corrected chi connectivity index (χ1v) is 6.48. The van der Waals surface area contributed by atoms with E-state index >= 15 is 0 Å². The third kappa shape index (κ3) is 1.86. The lowest BCUT2D eigenvalue weighted by atomic mass is 9.42. The summed E-state index contributed by atoms with van der Waals surface area (Å²) in [5, 5.41) is 3.56. The second kappa shape index (κ2) is 4.60. The van der Waals surface area contributed by atoms with Crippen molar-refractivity contribution in [3.05, 3.63) is 60.2 Å². The Bertz CT molecular complexity index is 518. The topological polar surface area (TPSA) is 21.3 Å². The number of rotatable bonds is 2. The van der Waals surface area contributed by atoms with Gasteiger partial charge in [0, 0.05) is 6.61 Å². The summed E-state index contributed by atoms with van der Waals surface area (Å²) in [7, 11) is 0. The third-order valence-corrected chi connectivity index (χ3v) is 3.72. The minimum absolute atomic E-state index is 0.767. The van der Waals surface area contributed by atoms with Crippen LogP contribution in [0.2, 0.25) is 0 Å². The van der Waals surface area contributed by atoms with E-state index in [0.29, 0.717) is 0 Å². The van der Waals surface area contributed by atoms with Gasteiger partial charge in [-0.3, -0.25) is 0 Å². The van der Waals surface area contributed by atoms with Gasteiger partial charge >= 0.3 is 0 Å². The van der Waals surface area contributed by atoms with Crippen LogP contribution in [-0.2, 0) is 4.65 Å². The first-order valence-electron chi connectivity index (χ1n) is 6.48. The standard InChI is InChI=1S/C15H17BNO/c1-13-7-9-15(10-8-13)16(17-11-12-18-16)14-5-3-2-4-6-14/h2-10,17H,11-12H2,1H3/q-1. The van der Waals surface area contributed by atoms with Gasteiger partial charge in [0.15, 0.2) is 0 Å². The van der Waals surface area contributed by atoms with Gasteiger partial charge in [-0.2, -0.15) is 10.9 Å². The van der Waals surface area contributed by atoms with Gasteiger partial charge in [0.25, 0.3) is 0 Å². The number of hydrogen-bond acceptors (Lipinski definition) is 2. The Balaban J connectivity index is 2.10. The SMILES string of the molecule is Cc1ccc([B-]2(c3ccccc3)NCCO2)cc1. The maximum absolute atomic E-state index is 6.10. The molecule has 3 rings (SSSR count). The summed E-state index contributed by atoms with van der Waals surface area (Å²) in [5.74, 6) is 0. The molecular weight excluding hydrogens is 221 g/mol. The molecule has 3 heteroatoms. The summed E-state index contributed by atoms with van der Waals surface area (Å²) in [4.78, 5) is 0.